The van der Waals surface area contributed by atoms with E-state index in [4.69, 9.17) is 0 Å². The molecule has 0 unspecified atom stereocenters. The molecule has 3 aromatic rings. The molecule has 0 aliphatic rings. The van der Waals surface area contributed by atoms with Gasteiger partial charge in [-0.25, -0.2) is 0 Å². The molecule has 1 aromatic heterocycles. The molecule has 76 valence electrons. The maximum absolute atomic E-state index is 4.47. The molecular formula is C15H11N. The third kappa shape index (κ3) is 1.22. The van der Waals surface area contributed by atoms with E-state index < -0.39 is 0 Å². The van der Waals surface area contributed by atoms with Crippen molar-refractivity contribution in [2.45, 2.75) is 0 Å². The first-order valence-electron chi connectivity index (χ1n) is 5.29. The second-order valence-electron chi connectivity index (χ2n) is 3.79. The molecule has 0 atom stereocenters. The number of rotatable bonds is 1. The summed E-state index contributed by atoms with van der Waals surface area (Å²) in [5.41, 5.74) is 2.19. The fourth-order valence-corrected chi connectivity index (χ4v) is 2.09. The Hall–Kier alpha value is -2.15. The topological polar surface area (TPSA) is 12.9 Å². The summed E-state index contributed by atoms with van der Waals surface area (Å²) >= 11 is 0. The summed E-state index contributed by atoms with van der Waals surface area (Å²) in [7, 11) is 0. The van der Waals surface area contributed by atoms with Gasteiger partial charge in [0, 0.05) is 17.0 Å². The predicted molar refractivity (Wildman–Crippen MR) is 69.3 cm³/mol. The number of nitrogens with zero attached hydrogens (tertiary/aromatic N) is 1. The molecule has 3 rings (SSSR count). The fourth-order valence-electron chi connectivity index (χ4n) is 2.09. The van der Waals surface area contributed by atoms with Crippen molar-refractivity contribution in [3.05, 3.63) is 60.8 Å². The van der Waals surface area contributed by atoms with Gasteiger partial charge in [0.2, 0.25) is 0 Å². The van der Waals surface area contributed by atoms with Gasteiger partial charge in [0.25, 0.3) is 0 Å². The van der Waals surface area contributed by atoms with Crippen LogP contribution in [0.2, 0.25) is 0 Å². The normalized spacial score (nSPS) is 10.8. The minimum Gasteiger partial charge on any atom is -0.256 e. The van der Waals surface area contributed by atoms with Crippen molar-refractivity contribution < 1.29 is 0 Å². The molecule has 1 heteroatoms. The molecule has 0 radical (unpaired) electrons. The molecule has 0 fully saturated rings. The molecule has 0 amide bonds. The summed E-state index contributed by atoms with van der Waals surface area (Å²) in [5, 5.41) is 3.59. The van der Waals surface area contributed by atoms with Crippen molar-refractivity contribution in [3.63, 3.8) is 0 Å². The Morgan fingerprint density at radius 2 is 1.81 bits per heavy atom. The highest BCUT2D eigenvalue weighted by molar-refractivity contribution is 6.07. The van der Waals surface area contributed by atoms with Gasteiger partial charge in [-0.1, -0.05) is 49.1 Å². The first-order chi connectivity index (χ1) is 7.90. The van der Waals surface area contributed by atoms with E-state index in [1.54, 1.807) is 0 Å². The van der Waals surface area contributed by atoms with Gasteiger partial charge in [0.1, 0.15) is 0 Å². The molecule has 0 aliphatic heterocycles. The van der Waals surface area contributed by atoms with Crippen molar-refractivity contribution in [2.24, 2.45) is 0 Å². The molecule has 2 aromatic carbocycles. The largest absolute Gasteiger partial charge is 0.256 e. The third-order valence-electron chi connectivity index (χ3n) is 2.89. The molecular weight excluding hydrogens is 194 g/mol. The summed E-state index contributed by atoms with van der Waals surface area (Å²) in [4.78, 5) is 4.47. The Morgan fingerprint density at radius 1 is 0.938 bits per heavy atom. The van der Waals surface area contributed by atoms with Crippen LogP contribution in [0.5, 0.6) is 0 Å². The van der Waals surface area contributed by atoms with E-state index in [-0.39, 0.29) is 0 Å². The van der Waals surface area contributed by atoms with Crippen LogP contribution >= 0.6 is 0 Å². The quantitative estimate of drug-likeness (QED) is 0.546. The van der Waals surface area contributed by atoms with Crippen LogP contribution < -0.4 is 0 Å². The van der Waals surface area contributed by atoms with E-state index in [0.29, 0.717) is 0 Å². The van der Waals surface area contributed by atoms with E-state index in [9.17, 15) is 0 Å². The smallest absolute Gasteiger partial charge is 0.0786 e. The van der Waals surface area contributed by atoms with Gasteiger partial charge in [-0.05, 0) is 17.0 Å². The Bertz CT molecular complexity index is 683. The van der Waals surface area contributed by atoms with E-state index in [0.717, 1.165) is 16.5 Å². The first-order valence-corrected chi connectivity index (χ1v) is 5.29. The van der Waals surface area contributed by atoms with Crippen LogP contribution in [0.25, 0.3) is 27.8 Å². The minimum absolute atomic E-state index is 1.05. The number of aromatic nitrogens is 1. The average Bonchev–Trinajstić information content (AvgIpc) is 2.37. The number of hydrogen-bond donors (Lipinski definition) is 0. The summed E-state index contributed by atoms with van der Waals surface area (Å²) in [5.74, 6) is 0. The van der Waals surface area contributed by atoms with Crippen LogP contribution in [0.4, 0.5) is 0 Å². The second kappa shape index (κ2) is 3.46. The zero-order chi connectivity index (χ0) is 11.0. The van der Waals surface area contributed by atoms with Gasteiger partial charge in [-0.15, -0.1) is 0 Å². The highest BCUT2D eigenvalue weighted by Crippen LogP contribution is 2.25. The highest BCUT2D eigenvalue weighted by Gasteiger charge is 2.02. The van der Waals surface area contributed by atoms with Gasteiger partial charge >= 0.3 is 0 Å². The lowest BCUT2D eigenvalue weighted by atomic mass is 10.0. The van der Waals surface area contributed by atoms with Crippen molar-refractivity contribution in [1.82, 2.24) is 4.98 Å². The van der Waals surface area contributed by atoms with Gasteiger partial charge in [-0.2, -0.15) is 0 Å². The molecule has 0 aliphatic carbocycles. The van der Waals surface area contributed by atoms with Crippen molar-refractivity contribution in [3.8, 4) is 0 Å². The van der Waals surface area contributed by atoms with Gasteiger partial charge in [0.15, 0.2) is 0 Å². The van der Waals surface area contributed by atoms with Crippen LogP contribution in [0.1, 0.15) is 5.56 Å². The monoisotopic (exact) mass is 205 g/mol. The molecule has 0 saturated heterocycles. The number of benzene rings is 2. The Kier molecular flexibility index (Phi) is 1.97. The van der Waals surface area contributed by atoms with E-state index in [1.165, 1.54) is 10.8 Å². The lowest BCUT2D eigenvalue weighted by molar-refractivity contribution is 1.42. The van der Waals surface area contributed by atoms with Crippen LogP contribution in [0, 0.1) is 0 Å². The zero-order valence-corrected chi connectivity index (χ0v) is 8.85. The Balaban J connectivity index is 2.57. The summed E-state index contributed by atoms with van der Waals surface area (Å²) in [6.45, 7) is 3.83. The predicted octanol–water partition coefficient (Wildman–Crippen LogP) is 4.03. The summed E-state index contributed by atoms with van der Waals surface area (Å²) in [6, 6.07) is 14.5. The first kappa shape index (κ1) is 9.10. The third-order valence-corrected chi connectivity index (χ3v) is 2.89. The molecule has 0 bridgehead atoms. The van der Waals surface area contributed by atoms with Crippen LogP contribution in [0.3, 0.4) is 0 Å². The lowest BCUT2D eigenvalue weighted by Crippen LogP contribution is -1.84. The average molecular weight is 205 g/mol. The SMILES string of the molecule is C=Cc1ccnc2c1ccc1ccccc12. The zero-order valence-electron chi connectivity index (χ0n) is 8.85. The molecule has 0 spiro atoms. The van der Waals surface area contributed by atoms with Crippen molar-refractivity contribution in [2.75, 3.05) is 0 Å². The highest BCUT2D eigenvalue weighted by atomic mass is 14.6. The Labute approximate surface area is 94.1 Å². The molecule has 0 N–H and O–H groups in total. The van der Waals surface area contributed by atoms with Crippen LogP contribution in [-0.2, 0) is 0 Å². The maximum Gasteiger partial charge on any atom is 0.0786 e. The molecule has 16 heavy (non-hydrogen) atoms. The molecule has 1 heterocycles. The standard InChI is InChI=1S/C15H11N/c1-2-11-9-10-16-15-13-6-4-3-5-12(13)7-8-14(11)15/h2-10H,1H2. The van der Waals surface area contributed by atoms with Gasteiger partial charge < -0.3 is 0 Å². The Morgan fingerprint density at radius 3 is 2.69 bits per heavy atom. The number of hydrogen-bond acceptors (Lipinski definition) is 1. The van der Waals surface area contributed by atoms with E-state index in [2.05, 4.69) is 35.8 Å². The molecule has 1 nitrogen and oxygen atoms in total. The van der Waals surface area contributed by atoms with Crippen molar-refractivity contribution in [1.29, 1.82) is 0 Å². The summed E-state index contributed by atoms with van der Waals surface area (Å²) in [6.07, 6.45) is 3.71. The summed E-state index contributed by atoms with van der Waals surface area (Å²) < 4.78 is 0. The molecule has 0 saturated carbocycles. The lowest BCUT2D eigenvalue weighted by Gasteiger charge is -2.05. The second-order valence-corrected chi connectivity index (χ2v) is 3.79. The van der Waals surface area contributed by atoms with Crippen molar-refractivity contribution >= 4 is 27.8 Å². The van der Waals surface area contributed by atoms with Gasteiger partial charge in [0.05, 0.1) is 5.52 Å². The maximum atomic E-state index is 4.47. The number of fused-ring (bicyclic) bond motifs is 3. The van der Waals surface area contributed by atoms with Crippen LogP contribution in [0.15, 0.2) is 55.2 Å². The van der Waals surface area contributed by atoms with E-state index >= 15 is 0 Å². The fraction of sp³-hybridized carbons (Fsp3) is 0. The minimum atomic E-state index is 1.05. The number of pyridine rings is 1. The van der Waals surface area contributed by atoms with Gasteiger partial charge in [-0.3, -0.25) is 4.98 Å². The van der Waals surface area contributed by atoms with Crippen LogP contribution in [-0.4, -0.2) is 4.98 Å². The van der Waals surface area contributed by atoms with E-state index in [1.807, 2.05) is 30.5 Å².